The van der Waals surface area contributed by atoms with E-state index in [0.717, 1.165) is 6.26 Å². The van der Waals surface area contributed by atoms with Crippen LogP contribution in [0.15, 0.2) is 11.6 Å². The second-order valence-electron chi connectivity index (χ2n) is 4.50. The SMILES string of the molecule is CCC(=O)[C@H](C)[C@H](O)/C(C)=C\[C@@H](C)S(C)(=O)=O. The van der Waals surface area contributed by atoms with Crippen LogP contribution >= 0.6 is 0 Å². The molecule has 0 unspecified atom stereocenters. The van der Waals surface area contributed by atoms with Crippen molar-refractivity contribution < 1.29 is 18.3 Å². The molecule has 0 amide bonds. The summed E-state index contributed by atoms with van der Waals surface area (Å²) in [6, 6.07) is 0. The molecule has 100 valence electrons. The van der Waals surface area contributed by atoms with Crippen molar-refractivity contribution in [1.82, 2.24) is 0 Å². The quantitative estimate of drug-likeness (QED) is 0.733. The lowest BCUT2D eigenvalue weighted by Crippen LogP contribution is -2.27. The lowest BCUT2D eigenvalue weighted by Gasteiger charge is -2.19. The molecular formula is C12H22O4S. The highest BCUT2D eigenvalue weighted by molar-refractivity contribution is 7.91. The second-order valence-corrected chi connectivity index (χ2v) is 6.90. The van der Waals surface area contributed by atoms with Crippen molar-refractivity contribution in [2.24, 2.45) is 5.92 Å². The van der Waals surface area contributed by atoms with E-state index in [4.69, 9.17) is 0 Å². The maximum atomic E-state index is 11.4. The molecule has 5 heteroatoms. The fourth-order valence-electron chi connectivity index (χ4n) is 1.48. The molecule has 0 aromatic rings. The van der Waals surface area contributed by atoms with Gasteiger partial charge in [-0.25, -0.2) is 8.42 Å². The minimum Gasteiger partial charge on any atom is -0.388 e. The first-order chi connectivity index (χ1) is 7.61. The van der Waals surface area contributed by atoms with Gasteiger partial charge in [0, 0.05) is 18.6 Å². The van der Waals surface area contributed by atoms with Gasteiger partial charge >= 0.3 is 0 Å². The van der Waals surface area contributed by atoms with Gasteiger partial charge in [0.1, 0.15) is 5.78 Å². The Kier molecular flexibility index (Phi) is 6.05. The molecule has 3 atom stereocenters. The smallest absolute Gasteiger partial charge is 0.153 e. The standard InChI is InChI=1S/C12H22O4S/c1-6-11(13)10(4)12(14)8(2)7-9(3)17(5,15)16/h7,9-10,12,14H,6H2,1-5H3/b8-7-/t9-,10+,12-/m1/s1. The zero-order chi connectivity index (χ0) is 13.8. The largest absolute Gasteiger partial charge is 0.388 e. The normalized spacial score (nSPS) is 18.6. The summed E-state index contributed by atoms with van der Waals surface area (Å²) in [5, 5.41) is 9.27. The van der Waals surface area contributed by atoms with Crippen LogP contribution in [0, 0.1) is 5.92 Å². The van der Waals surface area contributed by atoms with Crippen LogP contribution in [0.3, 0.4) is 0 Å². The molecule has 0 bridgehead atoms. The molecule has 0 fully saturated rings. The van der Waals surface area contributed by atoms with E-state index in [9.17, 15) is 18.3 Å². The van der Waals surface area contributed by atoms with Gasteiger partial charge < -0.3 is 5.11 Å². The first-order valence-corrected chi connectivity index (χ1v) is 7.64. The molecule has 17 heavy (non-hydrogen) atoms. The van der Waals surface area contributed by atoms with Crippen LogP contribution in [-0.4, -0.2) is 36.9 Å². The van der Waals surface area contributed by atoms with E-state index < -0.39 is 27.1 Å². The van der Waals surface area contributed by atoms with E-state index in [2.05, 4.69) is 0 Å². The van der Waals surface area contributed by atoms with E-state index in [0.29, 0.717) is 12.0 Å². The first-order valence-electron chi connectivity index (χ1n) is 5.69. The number of aliphatic hydroxyl groups is 1. The van der Waals surface area contributed by atoms with E-state index in [1.807, 2.05) is 0 Å². The number of carbonyl (C=O) groups excluding carboxylic acids is 1. The molecule has 0 spiro atoms. The monoisotopic (exact) mass is 262 g/mol. The van der Waals surface area contributed by atoms with Crippen LogP contribution in [0.25, 0.3) is 0 Å². The van der Waals surface area contributed by atoms with Gasteiger partial charge in [-0.3, -0.25) is 4.79 Å². The van der Waals surface area contributed by atoms with Gasteiger partial charge in [-0.15, -0.1) is 0 Å². The molecule has 0 radical (unpaired) electrons. The van der Waals surface area contributed by atoms with Crippen LogP contribution in [0.5, 0.6) is 0 Å². The first kappa shape index (κ1) is 16.3. The summed E-state index contributed by atoms with van der Waals surface area (Å²) >= 11 is 0. The average Bonchev–Trinajstić information content (AvgIpc) is 2.24. The Bertz CT molecular complexity index is 395. The Morgan fingerprint density at radius 3 is 2.18 bits per heavy atom. The molecule has 0 aliphatic heterocycles. The van der Waals surface area contributed by atoms with Crippen LogP contribution in [0.2, 0.25) is 0 Å². The number of sulfone groups is 1. The van der Waals surface area contributed by atoms with Gasteiger partial charge in [-0.2, -0.15) is 0 Å². The maximum absolute atomic E-state index is 11.4. The summed E-state index contributed by atoms with van der Waals surface area (Å²) in [5.74, 6) is -0.528. The minimum atomic E-state index is -3.16. The molecule has 1 N–H and O–H groups in total. The fourth-order valence-corrected chi connectivity index (χ4v) is 1.95. The van der Waals surface area contributed by atoms with Crippen molar-refractivity contribution in [3.05, 3.63) is 11.6 Å². The van der Waals surface area contributed by atoms with E-state index in [-0.39, 0.29) is 5.78 Å². The third-order valence-electron chi connectivity index (χ3n) is 2.97. The number of rotatable bonds is 6. The van der Waals surface area contributed by atoms with E-state index >= 15 is 0 Å². The number of hydrogen-bond acceptors (Lipinski definition) is 4. The molecule has 0 aromatic carbocycles. The van der Waals surface area contributed by atoms with Crippen molar-refractivity contribution >= 4 is 15.6 Å². The molecule has 0 aliphatic carbocycles. The number of hydrogen-bond donors (Lipinski definition) is 1. The van der Waals surface area contributed by atoms with Gasteiger partial charge in [-0.1, -0.05) is 19.9 Å². The summed E-state index contributed by atoms with van der Waals surface area (Å²) in [5.41, 5.74) is 0.525. The fraction of sp³-hybridized carbons (Fsp3) is 0.750. The zero-order valence-electron chi connectivity index (χ0n) is 11.1. The number of aliphatic hydroxyl groups excluding tert-OH is 1. The van der Waals surface area contributed by atoms with Crippen molar-refractivity contribution in [2.45, 2.75) is 45.5 Å². The summed E-state index contributed by atoms with van der Waals surface area (Å²) in [7, 11) is -3.16. The van der Waals surface area contributed by atoms with Crippen molar-refractivity contribution in [3.8, 4) is 0 Å². The van der Waals surface area contributed by atoms with Crippen LogP contribution in [0.4, 0.5) is 0 Å². The van der Waals surface area contributed by atoms with Crippen molar-refractivity contribution in [2.75, 3.05) is 6.26 Å². The second kappa shape index (κ2) is 6.31. The lowest BCUT2D eigenvalue weighted by atomic mass is 9.93. The summed E-state index contributed by atoms with van der Waals surface area (Å²) < 4.78 is 22.5. The van der Waals surface area contributed by atoms with Crippen molar-refractivity contribution in [1.29, 1.82) is 0 Å². The third kappa shape index (κ3) is 5.00. The maximum Gasteiger partial charge on any atom is 0.153 e. The molecule has 0 rings (SSSR count). The summed E-state index contributed by atoms with van der Waals surface area (Å²) in [6.07, 6.45) is 2.10. The van der Waals surface area contributed by atoms with Crippen LogP contribution in [-0.2, 0) is 14.6 Å². The van der Waals surface area contributed by atoms with Crippen LogP contribution in [0.1, 0.15) is 34.1 Å². The van der Waals surface area contributed by atoms with Gasteiger partial charge in [0.05, 0.1) is 11.4 Å². The number of Topliss-reactive ketones (excluding diaryl/α,β-unsaturated/α-hetero) is 1. The molecule has 0 saturated carbocycles. The third-order valence-corrected chi connectivity index (χ3v) is 4.46. The molecule has 0 heterocycles. The summed E-state index contributed by atoms with van der Waals surface area (Å²) in [6.45, 7) is 6.59. The van der Waals surface area contributed by atoms with Crippen molar-refractivity contribution in [3.63, 3.8) is 0 Å². The molecular weight excluding hydrogens is 240 g/mol. The Hall–Kier alpha value is -0.680. The Labute approximate surface area is 104 Å². The highest BCUT2D eigenvalue weighted by Crippen LogP contribution is 2.16. The Morgan fingerprint density at radius 2 is 1.82 bits per heavy atom. The average molecular weight is 262 g/mol. The predicted molar refractivity (Wildman–Crippen MR) is 68.5 cm³/mol. The van der Waals surface area contributed by atoms with Gasteiger partial charge in [-0.05, 0) is 19.4 Å². The lowest BCUT2D eigenvalue weighted by molar-refractivity contribution is -0.124. The number of ketones is 1. The Balaban J connectivity index is 4.88. The van der Waals surface area contributed by atoms with Crippen LogP contribution < -0.4 is 0 Å². The molecule has 4 nitrogen and oxygen atoms in total. The summed E-state index contributed by atoms with van der Waals surface area (Å²) in [4.78, 5) is 11.4. The number of carbonyl (C=O) groups is 1. The minimum absolute atomic E-state index is 0.0303. The Morgan fingerprint density at radius 1 is 1.35 bits per heavy atom. The highest BCUT2D eigenvalue weighted by Gasteiger charge is 2.23. The topological polar surface area (TPSA) is 71.4 Å². The molecule has 0 aromatic heterocycles. The van der Waals surface area contributed by atoms with Gasteiger partial charge in [0.2, 0.25) is 0 Å². The van der Waals surface area contributed by atoms with Gasteiger partial charge in [0.25, 0.3) is 0 Å². The van der Waals surface area contributed by atoms with E-state index in [1.54, 1.807) is 27.7 Å². The molecule has 0 saturated heterocycles. The van der Waals surface area contributed by atoms with E-state index in [1.165, 1.54) is 6.08 Å². The zero-order valence-corrected chi connectivity index (χ0v) is 11.9. The predicted octanol–water partition coefficient (Wildman–Crippen LogP) is 1.34. The molecule has 0 aliphatic rings. The highest BCUT2D eigenvalue weighted by atomic mass is 32.2. The van der Waals surface area contributed by atoms with Gasteiger partial charge in [0.15, 0.2) is 9.84 Å².